The topological polar surface area (TPSA) is 60.0 Å². The van der Waals surface area contributed by atoms with Crippen LogP contribution >= 0.6 is 12.2 Å². The van der Waals surface area contributed by atoms with Gasteiger partial charge in [0.05, 0.1) is 13.7 Å². The number of nitrogens with zero attached hydrogens (tertiary/aromatic N) is 1. The second-order valence-corrected chi connectivity index (χ2v) is 8.58. The summed E-state index contributed by atoms with van der Waals surface area (Å²) in [7, 11) is 1.63. The van der Waals surface area contributed by atoms with Crippen molar-refractivity contribution < 1.29 is 19.0 Å². The Morgan fingerprint density at radius 2 is 1.79 bits per heavy atom. The second-order valence-electron chi connectivity index (χ2n) is 8.19. The number of benzene rings is 2. The molecule has 33 heavy (non-hydrogen) atoms. The SMILES string of the molecule is CCOc1ccccc1OCc1cc(/C=C2/NC(=S)N(C3CCCCC3)C2=O)ccc1OC. The smallest absolute Gasteiger partial charge is 0.276 e. The molecule has 0 bridgehead atoms. The predicted molar refractivity (Wildman–Crippen MR) is 132 cm³/mol. The van der Waals surface area contributed by atoms with Crippen molar-refractivity contribution in [1.29, 1.82) is 0 Å². The summed E-state index contributed by atoms with van der Waals surface area (Å²) in [5.74, 6) is 2.04. The van der Waals surface area contributed by atoms with E-state index in [0.717, 1.165) is 42.6 Å². The molecule has 1 saturated carbocycles. The number of thiocarbonyl (C=S) groups is 1. The van der Waals surface area contributed by atoms with Gasteiger partial charge in [0.25, 0.3) is 5.91 Å². The van der Waals surface area contributed by atoms with Crippen molar-refractivity contribution in [1.82, 2.24) is 10.2 Å². The quantitative estimate of drug-likeness (QED) is 0.433. The summed E-state index contributed by atoms with van der Waals surface area (Å²) < 4.78 is 17.2. The maximum absolute atomic E-state index is 13.1. The molecule has 6 nitrogen and oxygen atoms in total. The molecule has 2 aromatic rings. The number of carbonyl (C=O) groups is 1. The highest BCUT2D eigenvalue weighted by Gasteiger charge is 2.36. The molecule has 0 atom stereocenters. The first-order chi connectivity index (χ1) is 16.1. The van der Waals surface area contributed by atoms with E-state index in [2.05, 4.69) is 5.32 Å². The average Bonchev–Trinajstić information content (AvgIpc) is 3.12. The fourth-order valence-electron chi connectivity index (χ4n) is 4.39. The lowest BCUT2D eigenvalue weighted by Crippen LogP contribution is -2.41. The Hall–Kier alpha value is -3.06. The number of rotatable bonds is 8. The summed E-state index contributed by atoms with van der Waals surface area (Å²) in [6, 6.07) is 13.6. The summed E-state index contributed by atoms with van der Waals surface area (Å²) in [5, 5.41) is 3.62. The molecule has 0 spiro atoms. The maximum Gasteiger partial charge on any atom is 0.276 e. The average molecular weight is 467 g/mol. The number of para-hydroxylation sites is 2. The zero-order valence-corrected chi connectivity index (χ0v) is 20.0. The number of carbonyl (C=O) groups excluding carboxylic acids is 1. The van der Waals surface area contributed by atoms with Crippen LogP contribution in [0.2, 0.25) is 0 Å². The van der Waals surface area contributed by atoms with Gasteiger partial charge in [0.2, 0.25) is 0 Å². The standard InChI is InChI=1S/C26H30N2O4S/c1-3-31-23-11-7-8-12-24(23)32-17-19-15-18(13-14-22(19)30-2)16-21-25(29)28(26(33)27-21)20-9-5-4-6-10-20/h7-8,11-16,20H,3-6,9-10,17H2,1-2H3,(H,27,33)/b21-16+. The Morgan fingerprint density at radius 1 is 1.06 bits per heavy atom. The van der Waals surface area contributed by atoms with Gasteiger partial charge >= 0.3 is 0 Å². The van der Waals surface area contributed by atoms with E-state index in [1.165, 1.54) is 6.42 Å². The summed E-state index contributed by atoms with van der Waals surface area (Å²) in [5.41, 5.74) is 2.25. The van der Waals surface area contributed by atoms with Crippen molar-refractivity contribution in [3.05, 3.63) is 59.3 Å². The third kappa shape index (κ3) is 5.30. The molecule has 1 N–H and O–H groups in total. The van der Waals surface area contributed by atoms with E-state index in [1.54, 1.807) is 12.0 Å². The van der Waals surface area contributed by atoms with Crippen LogP contribution in [0.25, 0.3) is 6.08 Å². The molecule has 2 fully saturated rings. The normalized spacial score (nSPS) is 17.9. The van der Waals surface area contributed by atoms with Gasteiger partial charge in [-0.25, -0.2) is 0 Å². The van der Waals surface area contributed by atoms with Crippen LogP contribution < -0.4 is 19.5 Å². The highest BCUT2D eigenvalue weighted by atomic mass is 32.1. The van der Waals surface area contributed by atoms with Crippen molar-refractivity contribution >= 4 is 29.3 Å². The number of methoxy groups -OCH3 is 1. The summed E-state index contributed by atoms with van der Waals surface area (Å²) in [6.45, 7) is 2.81. The van der Waals surface area contributed by atoms with Crippen LogP contribution in [0.3, 0.4) is 0 Å². The molecule has 0 aromatic heterocycles. The Labute approximate surface area is 200 Å². The van der Waals surface area contributed by atoms with Crippen molar-refractivity contribution in [2.24, 2.45) is 0 Å². The van der Waals surface area contributed by atoms with Crippen LogP contribution in [-0.2, 0) is 11.4 Å². The van der Waals surface area contributed by atoms with E-state index >= 15 is 0 Å². The number of hydrogen-bond acceptors (Lipinski definition) is 5. The third-order valence-corrected chi connectivity index (χ3v) is 6.30. The lowest BCUT2D eigenvalue weighted by Gasteiger charge is -2.29. The van der Waals surface area contributed by atoms with Crippen LogP contribution in [0, 0.1) is 0 Å². The van der Waals surface area contributed by atoms with E-state index in [1.807, 2.05) is 55.5 Å². The van der Waals surface area contributed by atoms with Crippen LogP contribution in [-0.4, -0.2) is 35.7 Å². The number of hydrogen-bond donors (Lipinski definition) is 1. The predicted octanol–water partition coefficient (Wildman–Crippen LogP) is 5.06. The minimum Gasteiger partial charge on any atom is -0.496 e. The highest BCUT2D eigenvalue weighted by molar-refractivity contribution is 7.80. The van der Waals surface area contributed by atoms with Gasteiger partial charge in [-0.3, -0.25) is 9.69 Å². The van der Waals surface area contributed by atoms with Crippen molar-refractivity contribution in [2.75, 3.05) is 13.7 Å². The zero-order chi connectivity index (χ0) is 23.2. The fraction of sp³-hybridized carbons (Fsp3) is 0.385. The number of nitrogens with one attached hydrogen (secondary N) is 1. The molecule has 1 heterocycles. The van der Waals surface area contributed by atoms with Gasteiger partial charge in [-0.05, 0) is 67.9 Å². The van der Waals surface area contributed by atoms with E-state index in [0.29, 0.717) is 35.5 Å². The highest BCUT2D eigenvalue weighted by Crippen LogP contribution is 2.30. The van der Waals surface area contributed by atoms with Crippen molar-refractivity contribution in [3.63, 3.8) is 0 Å². The molecule has 0 unspecified atom stereocenters. The summed E-state index contributed by atoms with van der Waals surface area (Å²) >= 11 is 5.49. The van der Waals surface area contributed by atoms with Crippen molar-refractivity contribution in [3.8, 4) is 17.2 Å². The minimum atomic E-state index is -0.0499. The molecule has 2 aliphatic rings. The fourth-order valence-corrected chi connectivity index (χ4v) is 4.73. The first-order valence-corrected chi connectivity index (χ1v) is 11.9. The lowest BCUT2D eigenvalue weighted by molar-refractivity contribution is -0.124. The molecular weight excluding hydrogens is 436 g/mol. The summed E-state index contributed by atoms with van der Waals surface area (Å²) in [4.78, 5) is 14.8. The molecule has 7 heteroatoms. The van der Waals surface area contributed by atoms with Gasteiger partial charge in [0, 0.05) is 11.6 Å². The molecule has 174 valence electrons. The number of amides is 1. The largest absolute Gasteiger partial charge is 0.496 e. The third-order valence-electron chi connectivity index (χ3n) is 6.00. The molecular formula is C26H30N2O4S. The van der Waals surface area contributed by atoms with Crippen LogP contribution in [0.15, 0.2) is 48.2 Å². The Morgan fingerprint density at radius 3 is 2.48 bits per heavy atom. The first-order valence-electron chi connectivity index (χ1n) is 11.5. The second kappa shape index (κ2) is 10.7. The van der Waals surface area contributed by atoms with Gasteiger partial charge in [-0.1, -0.05) is 37.5 Å². The van der Waals surface area contributed by atoms with E-state index in [-0.39, 0.29) is 11.9 Å². The van der Waals surface area contributed by atoms with Crippen LogP contribution in [0.1, 0.15) is 50.2 Å². The molecule has 0 radical (unpaired) electrons. The Balaban J connectivity index is 1.52. The van der Waals surface area contributed by atoms with Gasteiger partial charge in [0.15, 0.2) is 16.6 Å². The minimum absolute atomic E-state index is 0.0499. The van der Waals surface area contributed by atoms with Crippen molar-refractivity contribution in [2.45, 2.75) is 51.7 Å². The lowest BCUT2D eigenvalue weighted by atomic mass is 9.94. The van der Waals surface area contributed by atoms with Gasteiger partial charge < -0.3 is 19.5 Å². The molecule has 1 saturated heterocycles. The number of ether oxygens (including phenoxy) is 3. The van der Waals surface area contributed by atoms with Crippen LogP contribution in [0.4, 0.5) is 0 Å². The molecule has 1 amide bonds. The molecule has 1 aliphatic heterocycles. The Kier molecular flexibility index (Phi) is 7.50. The van der Waals surface area contributed by atoms with E-state index in [4.69, 9.17) is 26.4 Å². The van der Waals surface area contributed by atoms with E-state index < -0.39 is 0 Å². The summed E-state index contributed by atoms with van der Waals surface area (Å²) in [6.07, 6.45) is 7.37. The molecule has 2 aromatic carbocycles. The molecule has 1 aliphatic carbocycles. The first kappa shape index (κ1) is 23.1. The van der Waals surface area contributed by atoms with Gasteiger partial charge in [-0.2, -0.15) is 0 Å². The van der Waals surface area contributed by atoms with E-state index in [9.17, 15) is 4.79 Å². The monoisotopic (exact) mass is 466 g/mol. The molecule has 4 rings (SSSR count). The maximum atomic E-state index is 13.1. The zero-order valence-electron chi connectivity index (χ0n) is 19.1. The van der Waals surface area contributed by atoms with Crippen LogP contribution in [0.5, 0.6) is 17.2 Å². The van der Waals surface area contributed by atoms with Gasteiger partial charge in [-0.15, -0.1) is 0 Å². The Bertz CT molecular complexity index is 1050. The van der Waals surface area contributed by atoms with Gasteiger partial charge in [0.1, 0.15) is 18.1 Å².